The van der Waals surface area contributed by atoms with Gasteiger partial charge in [0.1, 0.15) is 12.6 Å². The van der Waals surface area contributed by atoms with Crippen molar-refractivity contribution < 1.29 is 14.3 Å². The summed E-state index contributed by atoms with van der Waals surface area (Å²) in [7, 11) is 0. The van der Waals surface area contributed by atoms with E-state index in [0.717, 1.165) is 12.0 Å². The molecule has 1 heterocycles. The number of benzene rings is 1. The topological polar surface area (TPSA) is 58.6 Å². The highest BCUT2D eigenvalue weighted by molar-refractivity contribution is 7.81. The summed E-state index contributed by atoms with van der Waals surface area (Å²) in [6.45, 7) is 4.59. The van der Waals surface area contributed by atoms with Crippen molar-refractivity contribution in [2.24, 2.45) is 0 Å². The van der Waals surface area contributed by atoms with Gasteiger partial charge in [-0.15, -0.1) is 0 Å². The molecule has 0 saturated carbocycles. The number of hydrogen-bond acceptors (Lipinski definition) is 4. The molecule has 0 aliphatic carbocycles. The molecule has 0 radical (unpaired) electrons. The van der Waals surface area contributed by atoms with E-state index in [9.17, 15) is 9.59 Å². The Morgan fingerprint density at radius 3 is 2.83 bits per heavy atom. The Hall–Kier alpha value is -1.95. The van der Waals surface area contributed by atoms with Crippen LogP contribution in [0.4, 0.5) is 4.79 Å². The normalized spacial score (nSPS) is 20.1. The molecule has 1 aromatic rings. The van der Waals surface area contributed by atoms with Gasteiger partial charge in [-0.2, -0.15) is 12.6 Å². The van der Waals surface area contributed by atoms with E-state index in [1.54, 1.807) is 0 Å². The molecular formula is C17H22N2O3S. The molecule has 2 amide bonds. The van der Waals surface area contributed by atoms with E-state index >= 15 is 0 Å². The maximum absolute atomic E-state index is 12.4. The van der Waals surface area contributed by atoms with Gasteiger partial charge in [-0.25, -0.2) is 4.79 Å². The lowest BCUT2D eigenvalue weighted by atomic mass is 10.1. The minimum atomic E-state index is -0.523. The molecule has 6 heteroatoms. The van der Waals surface area contributed by atoms with Gasteiger partial charge in [-0.05, 0) is 18.4 Å². The summed E-state index contributed by atoms with van der Waals surface area (Å²) in [5.41, 5.74) is 1.16. The van der Waals surface area contributed by atoms with Gasteiger partial charge in [0.05, 0.1) is 0 Å². The lowest BCUT2D eigenvalue weighted by Crippen LogP contribution is -2.46. The van der Waals surface area contributed by atoms with Crippen molar-refractivity contribution in [2.75, 3.05) is 19.7 Å². The van der Waals surface area contributed by atoms with Crippen molar-refractivity contribution in [1.29, 1.82) is 0 Å². The third kappa shape index (κ3) is 5.03. The maximum atomic E-state index is 12.4. The zero-order valence-electron chi connectivity index (χ0n) is 13.0. The smallest absolute Gasteiger partial charge is 0.410 e. The summed E-state index contributed by atoms with van der Waals surface area (Å²) in [5, 5.41) is 2.87. The zero-order chi connectivity index (χ0) is 16.7. The maximum Gasteiger partial charge on any atom is 0.410 e. The molecule has 0 spiro atoms. The van der Waals surface area contributed by atoms with Crippen LogP contribution in [0.5, 0.6) is 0 Å². The first kappa shape index (κ1) is 17.4. The van der Waals surface area contributed by atoms with Gasteiger partial charge in [0.15, 0.2) is 0 Å². The second-order valence-corrected chi connectivity index (χ2v) is 6.18. The molecule has 1 aromatic carbocycles. The third-order valence-electron chi connectivity index (χ3n) is 3.70. The molecule has 0 aromatic heterocycles. The van der Waals surface area contributed by atoms with Crippen LogP contribution in [0, 0.1) is 0 Å². The lowest BCUT2D eigenvalue weighted by molar-refractivity contribution is -0.125. The van der Waals surface area contributed by atoms with E-state index in [4.69, 9.17) is 4.74 Å². The highest BCUT2D eigenvalue weighted by atomic mass is 32.1. The number of likely N-dealkylation sites (tertiary alicyclic amines) is 1. The van der Waals surface area contributed by atoms with Crippen molar-refractivity contribution >= 4 is 24.6 Å². The van der Waals surface area contributed by atoms with Crippen LogP contribution in [0.2, 0.25) is 0 Å². The Bertz CT molecular complexity index is 550. The summed E-state index contributed by atoms with van der Waals surface area (Å²) in [6.07, 6.45) is 2.29. The average molecular weight is 334 g/mol. The molecular weight excluding hydrogens is 312 g/mol. The van der Waals surface area contributed by atoms with Crippen LogP contribution < -0.4 is 5.32 Å². The molecule has 2 rings (SSSR count). The molecule has 1 aliphatic heterocycles. The standard InChI is InChI=1S/C17H22N2O3S/c1-2-10-22-17(21)19-12-14(23)11-15(19)16(20)18-9-8-13-6-4-3-5-7-13/h2-7,14-15,23H,1,8-12H2,(H,18,20)/t14-,15-/m0/s1. The van der Waals surface area contributed by atoms with Crippen LogP contribution in [-0.4, -0.2) is 47.9 Å². The van der Waals surface area contributed by atoms with Gasteiger partial charge < -0.3 is 10.1 Å². The van der Waals surface area contributed by atoms with Crippen molar-refractivity contribution in [3.63, 3.8) is 0 Å². The van der Waals surface area contributed by atoms with E-state index < -0.39 is 12.1 Å². The summed E-state index contributed by atoms with van der Waals surface area (Å²) in [4.78, 5) is 25.8. The van der Waals surface area contributed by atoms with Crippen LogP contribution >= 0.6 is 12.6 Å². The van der Waals surface area contributed by atoms with Crippen LogP contribution in [0.3, 0.4) is 0 Å². The first-order valence-electron chi connectivity index (χ1n) is 7.65. The minimum Gasteiger partial charge on any atom is -0.445 e. The van der Waals surface area contributed by atoms with Crippen LogP contribution in [0.1, 0.15) is 12.0 Å². The summed E-state index contributed by atoms with van der Waals surface area (Å²) >= 11 is 4.39. The van der Waals surface area contributed by atoms with Gasteiger partial charge >= 0.3 is 6.09 Å². The minimum absolute atomic E-state index is 0.0174. The number of rotatable bonds is 6. The molecule has 23 heavy (non-hydrogen) atoms. The van der Waals surface area contributed by atoms with E-state index in [-0.39, 0.29) is 17.8 Å². The number of hydrogen-bond donors (Lipinski definition) is 2. The number of amides is 2. The summed E-state index contributed by atoms with van der Waals surface area (Å²) in [5.74, 6) is -0.159. The van der Waals surface area contributed by atoms with Gasteiger partial charge in [0.2, 0.25) is 5.91 Å². The Morgan fingerprint density at radius 1 is 1.39 bits per heavy atom. The SMILES string of the molecule is C=CCOC(=O)N1C[C@@H](S)C[C@H]1C(=O)NCCc1ccccc1. The first-order valence-corrected chi connectivity index (χ1v) is 8.17. The first-order chi connectivity index (χ1) is 11.1. The molecule has 1 fully saturated rings. The predicted molar refractivity (Wildman–Crippen MR) is 92.6 cm³/mol. The average Bonchev–Trinajstić information content (AvgIpc) is 2.95. The largest absolute Gasteiger partial charge is 0.445 e. The highest BCUT2D eigenvalue weighted by Crippen LogP contribution is 2.22. The second kappa shape index (κ2) is 8.62. The van der Waals surface area contributed by atoms with Gasteiger partial charge in [-0.3, -0.25) is 9.69 Å². The van der Waals surface area contributed by atoms with E-state index in [1.165, 1.54) is 11.0 Å². The number of carbonyl (C=O) groups excluding carboxylic acids is 2. The number of nitrogens with zero attached hydrogens (tertiary/aromatic N) is 1. The van der Waals surface area contributed by atoms with Crippen LogP contribution in [0.15, 0.2) is 43.0 Å². The van der Waals surface area contributed by atoms with Crippen molar-refractivity contribution in [3.8, 4) is 0 Å². The van der Waals surface area contributed by atoms with Crippen molar-refractivity contribution in [3.05, 3.63) is 48.6 Å². The number of carbonyl (C=O) groups is 2. The van der Waals surface area contributed by atoms with E-state index in [0.29, 0.717) is 19.5 Å². The van der Waals surface area contributed by atoms with Crippen LogP contribution in [0.25, 0.3) is 0 Å². The number of thiol groups is 1. The van der Waals surface area contributed by atoms with E-state index in [2.05, 4.69) is 24.5 Å². The Kier molecular flexibility index (Phi) is 6.52. The van der Waals surface area contributed by atoms with Crippen LogP contribution in [-0.2, 0) is 16.0 Å². The van der Waals surface area contributed by atoms with Gasteiger partial charge in [0, 0.05) is 18.3 Å². The third-order valence-corrected chi connectivity index (χ3v) is 4.07. The molecule has 2 atom stereocenters. The summed E-state index contributed by atoms with van der Waals surface area (Å²) in [6, 6.07) is 9.41. The monoisotopic (exact) mass is 334 g/mol. The molecule has 5 nitrogen and oxygen atoms in total. The molecule has 1 N–H and O–H groups in total. The Morgan fingerprint density at radius 2 is 2.13 bits per heavy atom. The van der Waals surface area contributed by atoms with Crippen molar-refractivity contribution in [2.45, 2.75) is 24.1 Å². The molecule has 124 valence electrons. The number of ether oxygens (including phenoxy) is 1. The van der Waals surface area contributed by atoms with Gasteiger partial charge in [0.25, 0.3) is 0 Å². The Balaban J connectivity index is 1.86. The number of nitrogens with one attached hydrogen (secondary N) is 1. The second-order valence-electron chi connectivity index (χ2n) is 5.45. The summed E-state index contributed by atoms with van der Waals surface area (Å²) < 4.78 is 5.03. The molecule has 1 aliphatic rings. The predicted octanol–water partition coefficient (Wildman–Crippen LogP) is 2.04. The molecule has 1 saturated heterocycles. The van der Waals surface area contributed by atoms with Crippen molar-refractivity contribution in [1.82, 2.24) is 10.2 Å². The fraction of sp³-hybridized carbons (Fsp3) is 0.412. The van der Waals surface area contributed by atoms with Gasteiger partial charge in [-0.1, -0.05) is 43.0 Å². The zero-order valence-corrected chi connectivity index (χ0v) is 13.9. The Labute approximate surface area is 142 Å². The lowest BCUT2D eigenvalue weighted by Gasteiger charge is -2.22. The quantitative estimate of drug-likeness (QED) is 0.618. The molecule has 0 bridgehead atoms. The highest BCUT2D eigenvalue weighted by Gasteiger charge is 2.38. The fourth-order valence-electron chi connectivity index (χ4n) is 2.57. The van der Waals surface area contributed by atoms with E-state index in [1.807, 2.05) is 30.3 Å². The fourth-order valence-corrected chi connectivity index (χ4v) is 2.95. The molecule has 0 unspecified atom stereocenters.